The van der Waals surface area contributed by atoms with Crippen LogP contribution in [-0.4, -0.2) is 29.9 Å². The molecule has 2 N–H and O–H groups in total. The Morgan fingerprint density at radius 1 is 0.686 bits per heavy atom. The Balaban J connectivity index is 0.000000131. The van der Waals surface area contributed by atoms with Gasteiger partial charge in [-0.05, 0) is 108 Å². The average molecular weight is 754 g/mol. The number of hydrogen-bond donors (Lipinski definition) is 1. The van der Waals surface area contributed by atoms with Crippen molar-refractivity contribution in [3.63, 3.8) is 0 Å². The number of rotatable bonds is 2. The van der Waals surface area contributed by atoms with Gasteiger partial charge < -0.3 is 20.7 Å². The van der Waals surface area contributed by atoms with Crippen LogP contribution in [0.15, 0.2) is 133 Å². The number of hydrogen-bond acceptors (Lipinski definition) is 5. The molecule has 5 aromatic heterocycles. The van der Waals surface area contributed by atoms with Gasteiger partial charge in [0.15, 0.2) is 0 Å². The summed E-state index contributed by atoms with van der Waals surface area (Å²) in [5.74, 6) is 1.36. The van der Waals surface area contributed by atoms with E-state index in [1.807, 2.05) is 91.4 Å². The fourth-order valence-electron chi connectivity index (χ4n) is 6.29. The fourth-order valence-corrected chi connectivity index (χ4v) is 6.29. The molecule has 252 valence electrons. The molecule has 0 saturated heterocycles. The van der Waals surface area contributed by atoms with Crippen LogP contribution >= 0.6 is 0 Å². The van der Waals surface area contributed by atoms with E-state index in [0.717, 1.165) is 45.2 Å². The van der Waals surface area contributed by atoms with Crippen molar-refractivity contribution in [3.05, 3.63) is 161 Å². The number of aromatic amines is 1. The van der Waals surface area contributed by atoms with E-state index in [1.165, 1.54) is 50.4 Å². The molecule has 0 atom stereocenters. The molecule has 1 aliphatic carbocycles. The number of imidazole rings is 2. The van der Waals surface area contributed by atoms with Crippen molar-refractivity contribution in [1.82, 2.24) is 34.9 Å². The van der Waals surface area contributed by atoms with Crippen molar-refractivity contribution in [1.29, 1.82) is 0 Å². The van der Waals surface area contributed by atoms with Gasteiger partial charge in [0.25, 0.3) is 0 Å². The number of para-hydroxylation sites is 4. The van der Waals surface area contributed by atoms with Crippen molar-refractivity contribution in [3.8, 4) is 11.6 Å². The number of nitrogens with zero attached hydrogens (tertiary/aromatic N) is 6. The first-order chi connectivity index (χ1) is 24.4. The monoisotopic (exact) mass is 754 g/mol. The van der Waals surface area contributed by atoms with Gasteiger partial charge in [-0.15, -0.1) is 0 Å². The smallest absolute Gasteiger partial charge is 0.705 e. The minimum atomic E-state index is 0. The molecule has 0 radical (unpaired) electrons. The Hall–Kier alpha value is -5.79. The zero-order valence-electron chi connectivity index (χ0n) is 28.8. The molecule has 51 heavy (non-hydrogen) atoms. The number of allylic oxidation sites excluding steroid dienone is 5. The van der Waals surface area contributed by atoms with Crippen LogP contribution in [0.1, 0.15) is 36.2 Å². The summed E-state index contributed by atoms with van der Waals surface area (Å²) in [4.78, 5) is 30.0. The number of H-pyrrole nitrogens is 1. The SMILES string of the molecule is CC1=C(C)c2cccnc2C/C1=C\C=C/[NH-].Cc1c(C)c2cccnc2c2ncccc12.[Ru+2].c1ccc2[n-]c(-c3nc4ccccc4[nH]3)nc2c1. The summed E-state index contributed by atoms with van der Waals surface area (Å²) < 4.78 is 0. The zero-order valence-corrected chi connectivity index (χ0v) is 30.5. The zero-order chi connectivity index (χ0) is 34.6. The topological polar surface area (TPSA) is 118 Å². The number of aryl methyl sites for hydroxylation is 2. The van der Waals surface area contributed by atoms with Crippen molar-refractivity contribution in [2.45, 2.75) is 34.1 Å². The molecule has 1 aliphatic rings. The van der Waals surface area contributed by atoms with Crippen LogP contribution in [0.4, 0.5) is 0 Å². The van der Waals surface area contributed by atoms with Crippen LogP contribution in [0, 0.1) is 13.8 Å². The largest absolute Gasteiger partial charge is 2.00 e. The van der Waals surface area contributed by atoms with E-state index in [4.69, 9.17) is 5.73 Å². The van der Waals surface area contributed by atoms with Crippen LogP contribution in [0.25, 0.3) is 66.8 Å². The van der Waals surface area contributed by atoms with Crippen molar-refractivity contribution in [2.75, 3.05) is 0 Å². The third kappa shape index (κ3) is 7.12. The Morgan fingerprint density at radius 2 is 1.31 bits per heavy atom. The Labute approximate surface area is 309 Å². The molecule has 0 saturated carbocycles. The summed E-state index contributed by atoms with van der Waals surface area (Å²) in [5, 5.41) is 2.40. The number of pyridine rings is 3. The first kappa shape index (κ1) is 35.1. The van der Waals surface area contributed by atoms with Gasteiger partial charge in [-0.25, -0.2) is 4.98 Å². The summed E-state index contributed by atoms with van der Waals surface area (Å²) in [5.41, 5.74) is 21.6. The quantitative estimate of drug-likeness (QED) is 0.139. The van der Waals surface area contributed by atoms with Gasteiger partial charge in [-0.3, -0.25) is 15.0 Å². The molecular weight excluding hydrogens is 718 g/mol. The first-order valence-electron chi connectivity index (χ1n) is 16.5. The summed E-state index contributed by atoms with van der Waals surface area (Å²) >= 11 is 0. The predicted octanol–water partition coefficient (Wildman–Crippen LogP) is 10.1. The number of aromatic nitrogens is 7. The second-order valence-electron chi connectivity index (χ2n) is 12.2. The van der Waals surface area contributed by atoms with Crippen molar-refractivity contribution >= 4 is 49.4 Å². The van der Waals surface area contributed by atoms with E-state index >= 15 is 0 Å². The third-order valence-corrected chi connectivity index (χ3v) is 9.24. The van der Waals surface area contributed by atoms with Gasteiger partial charge >= 0.3 is 19.5 Å². The second kappa shape index (κ2) is 15.4. The number of nitrogens with one attached hydrogen (secondary N) is 2. The Kier molecular flexibility index (Phi) is 10.6. The minimum Gasteiger partial charge on any atom is -0.705 e. The Bertz CT molecular complexity index is 2390. The molecule has 9 heteroatoms. The maximum absolute atomic E-state index is 7.03. The predicted molar refractivity (Wildman–Crippen MR) is 204 cm³/mol. The second-order valence-corrected chi connectivity index (χ2v) is 12.2. The minimum absolute atomic E-state index is 0. The standard InChI is InChI=1S/C14H9N4.C14H12N2.C14H15N2.Ru/c1-2-6-10-9(5-1)15-13(16-10)14-17-11-7-3-4-8-12(11)18-14;1-9-10(2)12-6-4-8-16-14(12)13-11(9)5-3-7-15-13;1-10-11(2)13-6-4-8-16-14(13)9-12(10)5-3-7-15;/h1-8H,(H-,15,16,17,18);3-8H,1-2H3;3-8,15H,9H2,1-2H3;/q-1;;-1;+2/b;;7-3-,12-5+;. The summed E-state index contributed by atoms with van der Waals surface area (Å²) in [7, 11) is 0. The molecule has 0 aliphatic heterocycles. The van der Waals surface area contributed by atoms with Gasteiger partial charge in [0.1, 0.15) is 5.82 Å². The van der Waals surface area contributed by atoms with Crippen LogP contribution in [-0.2, 0) is 25.9 Å². The van der Waals surface area contributed by atoms with Crippen molar-refractivity contribution in [2.24, 2.45) is 0 Å². The molecule has 9 rings (SSSR count). The van der Waals surface area contributed by atoms with E-state index in [2.05, 4.69) is 80.8 Å². The summed E-state index contributed by atoms with van der Waals surface area (Å²) in [6.07, 6.45) is 11.4. The molecule has 0 amide bonds. The summed E-state index contributed by atoms with van der Waals surface area (Å²) in [6, 6.07) is 28.0. The van der Waals surface area contributed by atoms with E-state index < -0.39 is 0 Å². The van der Waals surface area contributed by atoms with Gasteiger partial charge in [0.05, 0.1) is 27.8 Å². The van der Waals surface area contributed by atoms with Crippen molar-refractivity contribution < 1.29 is 19.5 Å². The molecule has 3 aromatic carbocycles. The van der Waals surface area contributed by atoms with Crippen LogP contribution in [0.3, 0.4) is 0 Å². The molecule has 0 spiro atoms. The maximum atomic E-state index is 7.03. The van der Waals surface area contributed by atoms with E-state index in [1.54, 1.807) is 6.08 Å². The molecular formula is C42H36N8Ru. The molecule has 0 unspecified atom stereocenters. The van der Waals surface area contributed by atoms with E-state index in [9.17, 15) is 0 Å². The molecule has 0 fully saturated rings. The van der Waals surface area contributed by atoms with Gasteiger partial charge in [-0.2, -0.15) is 6.20 Å². The van der Waals surface area contributed by atoms with Crippen LogP contribution in [0.2, 0.25) is 0 Å². The molecule has 5 heterocycles. The number of benzene rings is 3. The summed E-state index contributed by atoms with van der Waals surface area (Å²) in [6.45, 7) is 8.56. The van der Waals surface area contributed by atoms with E-state index in [-0.39, 0.29) is 19.5 Å². The van der Waals surface area contributed by atoms with Crippen LogP contribution in [0.5, 0.6) is 0 Å². The Morgan fingerprint density at radius 3 is 1.98 bits per heavy atom. The van der Waals surface area contributed by atoms with Gasteiger partial charge in [-0.1, -0.05) is 66.7 Å². The van der Waals surface area contributed by atoms with Gasteiger partial charge in [0, 0.05) is 35.8 Å². The molecule has 8 aromatic rings. The van der Waals surface area contributed by atoms with Gasteiger partial charge in [0.2, 0.25) is 0 Å². The number of fused-ring (bicyclic) bond motifs is 6. The average Bonchev–Trinajstić information content (AvgIpc) is 3.80. The third-order valence-electron chi connectivity index (χ3n) is 9.24. The molecule has 8 nitrogen and oxygen atoms in total. The first-order valence-corrected chi connectivity index (χ1v) is 16.5. The normalized spacial score (nSPS) is 13.2. The maximum Gasteiger partial charge on any atom is 2.00 e. The van der Waals surface area contributed by atoms with Crippen LogP contribution < -0.4 is 4.98 Å². The fraction of sp³-hybridized carbons (Fsp3) is 0.119. The molecule has 0 bridgehead atoms. The van der Waals surface area contributed by atoms with E-state index in [0.29, 0.717) is 11.6 Å².